The molecule has 0 unspecified atom stereocenters. The first-order valence-electron chi connectivity index (χ1n) is 4.97. The molecule has 5 heteroatoms. The quantitative estimate of drug-likeness (QED) is 0.847. The van der Waals surface area contributed by atoms with Gasteiger partial charge in [0.15, 0.2) is 9.84 Å². The zero-order valence-corrected chi connectivity index (χ0v) is 10.1. The van der Waals surface area contributed by atoms with Gasteiger partial charge in [0.25, 0.3) is 0 Å². The van der Waals surface area contributed by atoms with Crippen LogP contribution in [0.4, 0.5) is 0 Å². The van der Waals surface area contributed by atoms with Crippen LogP contribution in [0.3, 0.4) is 0 Å². The lowest BCUT2D eigenvalue weighted by Crippen LogP contribution is -2.04. The van der Waals surface area contributed by atoms with Crippen LogP contribution in [0, 0.1) is 0 Å². The maximum Gasteiger partial charge on any atom is 0.176 e. The molecule has 0 spiro atoms. The molecule has 0 fully saturated rings. The van der Waals surface area contributed by atoms with Gasteiger partial charge in [0.1, 0.15) is 0 Å². The van der Waals surface area contributed by atoms with E-state index >= 15 is 0 Å². The first-order chi connectivity index (χ1) is 7.52. The number of aromatic nitrogens is 1. The number of sulfone groups is 1. The Morgan fingerprint density at radius 1 is 1.38 bits per heavy atom. The summed E-state index contributed by atoms with van der Waals surface area (Å²) in [4.78, 5) is 3.56. The Kier molecular flexibility index (Phi) is 2.73. The van der Waals surface area contributed by atoms with Crippen LogP contribution in [0.1, 0.15) is 5.69 Å². The second kappa shape index (κ2) is 3.92. The summed E-state index contributed by atoms with van der Waals surface area (Å²) in [5.41, 5.74) is 1.83. The smallest absolute Gasteiger partial charge is 0.176 e. The van der Waals surface area contributed by atoms with Crippen LogP contribution in [0.2, 0.25) is 0 Å². The van der Waals surface area contributed by atoms with Crippen LogP contribution < -0.4 is 5.32 Å². The third-order valence-electron chi connectivity index (χ3n) is 2.45. The number of hydrogen-bond donors (Lipinski definition) is 2. The minimum atomic E-state index is -3.17. The lowest BCUT2D eigenvalue weighted by molar-refractivity contribution is 0.602. The van der Waals surface area contributed by atoms with Crippen LogP contribution in [-0.4, -0.2) is 26.7 Å². The normalized spacial score (nSPS) is 12.1. The van der Waals surface area contributed by atoms with Crippen molar-refractivity contribution in [2.75, 3.05) is 13.3 Å². The summed E-state index contributed by atoms with van der Waals surface area (Å²) in [6, 6.07) is 7.14. The van der Waals surface area contributed by atoms with E-state index in [1.165, 1.54) is 6.26 Å². The first kappa shape index (κ1) is 11.2. The maximum absolute atomic E-state index is 11.6. The highest BCUT2D eigenvalue weighted by atomic mass is 32.2. The van der Waals surface area contributed by atoms with Gasteiger partial charge in [-0.1, -0.05) is 6.07 Å². The van der Waals surface area contributed by atoms with Crippen molar-refractivity contribution >= 4 is 20.7 Å². The Morgan fingerprint density at radius 3 is 2.75 bits per heavy atom. The third kappa shape index (κ3) is 1.96. The molecule has 0 radical (unpaired) electrons. The lowest BCUT2D eigenvalue weighted by Gasteiger charge is -1.98. The topological polar surface area (TPSA) is 62.0 Å². The van der Waals surface area contributed by atoms with Gasteiger partial charge in [0.05, 0.1) is 4.90 Å². The number of fused-ring (bicyclic) bond motifs is 1. The number of benzene rings is 1. The molecule has 0 amide bonds. The van der Waals surface area contributed by atoms with Gasteiger partial charge in [-0.25, -0.2) is 8.42 Å². The van der Waals surface area contributed by atoms with Gasteiger partial charge in [-0.2, -0.15) is 0 Å². The molecule has 86 valence electrons. The molecular weight excluding hydrogens is 224 g/mol. The van der Waals surface area contributed by atoms with Crippen LogP contribution in [-0.2, 0) is 16.4 Å². The van der Waals surface area contributed by atoms with Gasteiger partial charge in [-0.15, -0.1) is 0 Å². The molecule has 2 aromatic rings. The Hall–Kier alpha value is -1.33. The molecule has 0 aliphatic carbocycles. The summed E-state index contributed by atoms with van der Waals surface area (Å²) < 4.78 is 23.2. The van der Waals surface area contributed by atoms with Gasteiger partial charge < -0.3 is 10.3 Å². The van der Waals surface area contributed by atoms with E-state index < -0.39 is 9.84 Å². The zero-order valence-electron chi connectivity index (χ0n) is 9.24. The molecule has 0 aliphatic rings. The van der Waals surface area contributed by atoms with Crippen molar-refractivity contribution in [1.29, 1.82) is 0 Å². The molecule has 2 N–H and O–H groups in total. The maximum atomic E-state index is 11.6. The molecule has 2 rings (SSSR count). The minimum absolute atomic E-state index is 0.378. The standard InChI is InChI=1S/C11H14N2O2S/c1-12-7-8-6-9-10(13-8)4-3-5-11(9)16(2,14)15/h3-6,12-13H,7H2,1-2H3. The zero-order chi connectivity index (χ0) is 11.8. The van der Waals surface area contributed by atoms with Crippen LogP contribution >= 0.6 is 0 Å². The molecule has 0 saturated carbocycles. The summed E-state index contributed by atoms with van der Waals surface area (Å²) in [7, 11) is -1.32. The van der Waals surface area contributed by atoms with E-state index in [4.69, 9.17) is 0 Å². The van der Waals surface area contributed by atoms with Gasteiger partial charge >= 0.3 is 0 Å². The molecule has 0 saturated heterocycles. The summed E-state index contributed by atoms with van der Waals surface area (Å²) in [6.07, 6.45) is 1.23. The van der Waals surface area contributed by atoms with E-state index in [9.17, 15) is 8.42 Å². The van der Waals surface area contributed by atoms with E-state index in [0.29, 0.717) is 11.4 Å². The highest BCUT2D eigenvalue weighted by molar-refractivity contribution is 7.91. The molecule has 1 aromatic carbocycles. The highest BCUT2D eigenvalue weighted by Crippen LogP contribution is 2.23. The van der Waals surface area contributed by atoms with Crippen LogP contribution in [0.5, 0.6) is 0 Å². The summed E-state index contributed by atoms with van der Waals surface area (Å²) >= 11 is 0. The van der Waals surface area contributed by atoms with Crippen molar-refractivity contribution in [2.24, 2.45) is 0 Å². The van der Waals surface area contributed by atoms with Crippen molar-refractivity contribution in [2.45, 2.75) is 11.4 Å². The number of rotatable bonds is 3. The predicted molar refractivity (Wildman–Crippen MR) is 64.2 cm³/mol. The van der Waals surface area contributed by atoms with E-state index in [-0.39, 0.29) is 0 Å². The number of hydrogen-bond acceptors (Lipinski definition) is 3. The summed E-state index contributed by atoms with van der Waals surface area (Å²) in [6.45, 7) is 0.692. The highest BCUT2D eigenvalue weighted by Gasteiger charge is 2.12. The van der Waals surface area contributed by atoms with Crippen LogP contribution in [0.25, 0.3) is 10.9 Å². The van der Waals surface area contributed by atoms with Gasteiger partial charge in [-0.3, -0.25) is 0 Å². The monoisotopic (exact) mass is 238 g/mol. The van der Waals surface area contributed by atoms with Crippen molar-refractivity contribution < 1.29 is 8.42 Å². The molecule has 0 aliphatic heterocycles. The molecule has 0 atom stereocenters. The molecule has 1 heterocycles. The Bertz CT molecular complexity index is 614. The summed E-state index contributed by atoms with van der Waals surface area (Å²) in [5.74, 6) is 0. The Morgan fingerprint density at radius 2 is 2.12 bits per heavy atom. The molecule has 0 bridgehead atoms. The van der Waals surface area contributed by atoms with Crippen molar-refractivity contribution in [3.05, 3.63) is 30.0 Å². The predicted octanol–water partition coefficient (Wildman–Crippen LogP) is 1.29. The first-order valence-corrected chi connectivity index (χ1v) is 6.87. The third-order valence-corrected chi connectivity index (χ3v) is 3.60. The fraction of sp³-hybridized carbons (Fsp3) is 0.273. The second-order valence-corrected chi connectivity index (χ2v) is 5.80. The van der Waals surface area contributed by atoms with E-state index in [0.717, 1.165) is 16.6 Å². The van der Waals surface area contributed by atoms with Crippen LogP contribution in [0.15, 0.2) is 29.2 Å². The molecular formula is C11H14N2O2S. The number of nitrogens with one attached hydrogen (secondary N) is 2. The number of H-pyrrole nitrogens is 1. The molecule has 1 aromatic heterocycles. The fourth-order valence-electron chi connectivity index (χ4n) is 1.79. The average molecular weight is 238 g/mol. The molecule has 4 nitrogen and oxygen atoms in total. The van der Waals surface area contributed by atoms with Gasteiger partial charge in [-0.05, 0) is 25.2 Å². The van der Waals surface area contributed by atoms with E-state index in [1.807, 2.05) is 19.2 Å². The van der Waals surface area contributed by atoms with Crippen molar-refractivity contribution in [3.8, 4) is 0 Å². The fourth-order valence-corrected chi connectivity index (χ4v) is 2.69. The van der Waals surface area contributed by atoms with E-state index in [2.05, 4.69) is 10.3 Å². The van der Waals surface area contributed by atoms with E-state index in [1.54, 1.807) is 12.1 Å². The Labute approximate surface area is 94.6 Å². The number of aromatic amines is 1. The van der Waals surface area contributed by atoms with Crippen molar-refractivity contribution in [3.63, 3.8) is 0 Å². The Balaban J connectivity index is 2.68. The lowest BCUT2D eigenvalue weighted by atomic mass is 10.2. The SMILES string of the molecule is CNCc1cc2c(S(C)(=O)=O)cccc2[nH]1. The van der Waals surface area contributed by atoms with Gasteiger partial charge in [0, 0.05) is 29.4 Å². The minimum Gasteiger partial charge on any atom is -0.357 e. The van der Waals surface area contributed by atoms with Gasteiger partial charge in [0.2, 0.25) is 0 Å². The summed E-state index contributed by atoms with van der Waals surface area (Å²) in [5, 5.41) is 3.78. The van der Waals surface area contributed by atoms with Crippen molar-refractivity contribution in [1.82, 2.24) is 10.3 Å². The molecule has 16 heavy (non-hydrogen) atoms. The second-order valence-electron chi connectivity index (χ2n) is 3.81. The average Bonchev–Trinajstić information content (AvgIpc) is 2.58. The largest absolute Gasteiger partial charge is 0.357 e.